The summed E-state index contributed by atoms with van der Waals surface area (Å²) in [5, 5.41) is 0. The predicted octanol–water partition coefficient (Wildman–Crippen LogP) is 3.16. The summed E-state index contributed by atoms with van der Waals surface area (Å²) in [6.45, 7) is 14.8. The van der Waals surface area contributed by atoms with Crippen LogP contribution in [0.4, 0.5) is 0 Å². The van der Waals surface area contributed by atoms with Crippen LogP contribution >= 0.6 is 0 Å². The van der Waals surface area contributed by atoms with E-state index < -0.39 is 8.80 Å². The lowest BCUT2D eigenvalue weighted by atomic mass is 9.88. The van der Waals surface area contributed by atoms with Crippen LogP contribution < -0.4 is 0 Å². The maximum atomic E-state index is 5.98. The summed E-state index contributed by atoms with van der Waals surface area (Å²) in [5.41, 5.74) is 0.0633. The molecule has 0 aliphatic carbocycles. The summed E-state index contributed by atoms with van der Waals surface area (Å²) >= 11 is 0. The van der Waals surface area contributed by atoms with Crippen LogP contribution in [0, 0.1) is 10.8 Å². The molecule has 2 aliphatic heterocycles. The molecule has 2 rings (SSSR count). The quantitative estimate of drug-likeness (QED) is 0.579. The van der Waals surface area contributed by atoms with Crippen molar-refractivity contribution in [3.63, 3.8) is 0 Å². The van der Waals surface area contributed by atoms with Crippen LogP contribution in [-0.2, 0) is 22.8 Å². The van der Waals surface area contributed by atoms with E-state index in [1.165, 1.54) is 0 Å². The van der Waals surface area contributed by atoms with Gasteiger partial charge in [-0.25, -0.2) is 9.98 Å². The second-order valence-corrected chi connectivity index (χ2v) is 12.9. The summed E-state index contributed by atoms with van der Waals surface area (Å²) in [6, 6.07) is 2.05. The fourth-order valence-corrected chi connectivity index (χ4v) is 4.89. The second-order valence-electron chi connectivity index (χ2n) is 9.76. The third-order valence-electron chi connectivity index (χ3n) is 5.53. The van der Waals surface area contributed by atoms with Crippen LogP contribution in [-0.4, -0.2) is 78.9 Å². The number of aliphatic imine (C=N–C) groups is 2. The van der Waals surface area contributed by atoms with Gasteiger partial charge in [0.05, 0.1) is 12.1 Å². The summed E-state index contributed by atoms with van der Waals surface area (Å²) in [5.74, 6) is 0. The smallest absolute Gasteiger partial charge is 0.463 e. The van der Waals surface area contributed by atoms with Gasteiger partial charge in [0.1, 0.15) is 13.2 Å². The van der Waals surface area contributed by atoms with Crippen LogP contribution in [0.15, 0.2) is 9.98 Å². The maximum absolute atomic E-state index is 5.98. The Bertz CT molecular complexity index is 560. The number of amidine groups is 2. The molecule has 8 nitrogen and oxygen atoms in total. The van der Waals surface area contributed by atoms with Crippen molar-refractivity contribution in [1.82, 2.24) is 4.90 Å². The van der Waals surface area contributed by atoms with Crippen molar-refractivity contribution in [1.29, 1.82) is 0 Å². The molecule has 2 heterocycles. The van der Waals surface area contributed by atoms with Crippen molar-refractivity contribution in [3.05, 3.63) is 0 Å². The molecule has 0 unspecified atom stereocenters. The van der Waals surface area contributed by atoms with E-state index in [0.717, 1.165) is 6.42 Å². The molecule has 0 bridgehead atoms. The van der Waals surface area contributed by atoms with E-state index in [-0.39, 0.29) is 22.9 Å². The first-order valence-electron chi connectivity index (χ1n) is 10.3. The molecular formula is C20H39N3O5Si. The van der Waals surface area contributed by atoms with Crippen LogP contribution in [0.3, 0.4) is 0 Å². The van der Waals surface area contributed by atoms with E-state index >= 15 is 0 Å². The van der Waals surface area contributed by atoms with Crippen molar-refractivity contribution < 1.29 is 22.8 Å². The number of hydrogen-bond acceptors (Lipinski definition) is 8. The lowest BCUT2D eigenvalue weighted by Crippen LogP contribution is -2.44. The van der Waals surface area contributed by atoms with Gasteiger partial charge in [-0.3, -0.25) is 4.90 Å². The van der Waals surface area contributed by atoms with Crippen molar-refractivity contribution in [2.24, 2.45) is 20.8 Å². The lowest BCUT2D eigenvalue weighted by molar-refractivity contribution is 0.122. The highest BCUT2D eigenvalue weighted by Crippen LogP contribution is 2.30. The largest absolute Gasteiger partial charge is 0.500 e. The molecule has 0 fully saturated rings. The molecular weight excluding hydrogens is 390 g/mol. The molecule has 2 atom stereocenters. The van der Waals surface area contributed by atoms with Gasteiger partial charge in [-0.05, 0) is 17.3 Å². The van der Waals surface area contributed by atoms with Crippen LogP contribution in [0.5, 0.6) is 0 Å². The summed E-state index contributed by atoms with van der Waals surface area (Å²) in [7, 11) is 2.26. The van der Waals surface area contributed by atoms with E-state index in [1.54, 1.807) is 21.3 Å². The van der Waals surface area contributed by atoms with Gasteiger partial charge in [0, 0.05) is 33.9 Å². The van der Waals surface area contributed by atoms with E-state index in [9.17, 15) is 0 Å². The summed E-state index contributed by atoms with van der Waals surface area (Å²) < 4.78 is 28.6. The molecule has 0 N–H and O–H groups in total. The average molecular weight is 430 g/mol. The Morgan fingerprint density at radius 1 is 0.862 bits per heavy atom. The number of nitrogens with zero attached hydrogens (tertiary/aromatic N) is 3. The highest BCUT2D eigenvalue weighted by Gasteiger charge is 2.40. The number of hydrogen-bond donors (Lipinski definition) is 0. The van der Waals surface area contributed by atoms with Gasteiger partial charge in [0.15, 0.2) is 0 Å². The minimum absolute atomic E-state index is 0.0317. The second kappa shape index (κ2) is 9.32. The lowest BCUT2D eigenvalue weighted by Gasteiger charge is -2.26. The Hall–Kier alpha value is -1.16. The third kappa shape index (κ3) is 5.93. The molecule has 0 spiro atoms. The highest BCUT2D eigenvalue weighted by molar-refractivity contribution is 6.60. The Morgan fingerprint density at radius 3 is 1.59 bits per heavy atom. The Morgan fingerprint density at radius 2 is 1.28 bits per heavy atom. The molecule has 9 heteroatoms. The topological polar surface area (TPSA) is 74.1 Å². The minimum Gasteiger partial charge on any atom is -0.463 e. The van der Waals surface area contributed by atoms with Gasteiger partial charge >= 0.3 is 8.80 Å². The zero-order valence-corrected chi connectivity index (χ0v) is 20.6. The number of ether oxygens (including phenoxy) is 2. The van der Waals surface area contributed by atoms with Gasteiger partial charge < -0.3 is 22.8 Å². The first kappa shape index (κ1) is 24.1. The maximum Gasteiger partial charge on any atom is 0.500 e. The Labute approximate surface area is 177 Å². The van der Waals surface area contributed by atoms with Crippen molar-refractivity contribution in [2.45, 2.75) is 66.1 Å². The van der Waals surface area contributed by atoms with E-state index in [0.29, 0.717) is 37.8 Å². The van der Waals surface area contributed by atoms with E-state index in [4.69, 9.17) is 32.7 Å². The SMILES string of the molecule is CO[Si](CCCN(C1=N[C@@H](C(C)(C)C)CO1)C1=N[C@@H](C(C)(C)C)CO1)(OC)OC. The summed E-state index contributed by atoms with van der Waals surface area (Å²) in [6.07, 6.45) is 0.771. The molecule has 0 aromatic heterocycles. The fourth-order valence-electron chi connectivity index (χ4n) is 3.19. The van der Waals surface area contributed by atoms with Crippen LogP contribution in [0.25, 0.3) is 0 Å². The molecule has 0 aromatic rings. The standard InChI is InChI=1S/C20H39N3O5Si/c1-19(2,3)15-13-27-17(21-15)23(11-10-12-29(24-7,25-8)26-9)18-22-16(14-28-18)20(4,5)6/h15-16H,10-14H2,1-9H3/t15-,16-/m1/s1. The van der Waals surface area contributed by atoms with E-state index in [2.05, 4.69) is 41.5 Å². The highest BCUT2D eigenvalue weighted by atomic mass is 28.4. The van der Waals surface area contributed by atoms with E-state index in [1.807, 2.05) is 4.90 Å². The van der Waals surface area contributed by atoms with Gasteiger partial charge in [0.2, 0.25) is 0 Å². The molecule has 29 heavy (non-hydrogen) atoms. The predicted molar refractivity (Wildman–Crippen MR) is 116 cm³/mol. The van der Waals surface area contributed by atoms with Crippen LogP contribution in [0.2, 0.25) is 6.04 Å². The van der Waals surface area contributed by atoms with Gasteiger partial charge in [0.25, 0.3) is 12.0 Å². The Balaban J connectivity index is 2.19. The fraction of sp³-hybridized carbons (Fsp3) is 0.900. The zero-order valence-electron chi connectivity index (χ0n) is 19.6. The molecule has 0 radical (unpaired) electrons. The minimum atomic E-state index is -2.64. The number of rotatable bonds is 7. The molecule has 0 saturated carbocycles. The molecule has 0 aromatic carbocycles. The molecule has 0 amide bonds. The van der Waals surface area contributed by atoms with Crippen molar-refractivity contribution in [2.75, 3.05) is 41.1 Å². The van der Waals surface area contributed by atoms with Gasteiger partial charge in [-0.15, -0.1) is 0 Å². The molecule has 0 saturated heterocycles. The zero-order chi connectivity index (χ0) is 21.9. The normalized spacial score (nSPS) is 22.8. The first-order valence-corrected chi connectivity index (χ1v) is 12.2. The third-order valence-corrected chi connectivity index (χ3v) is 8.36. The first-order chi connectivity index (χ1) is 13.5. The Kier molecular flexibility index (Phi) is 7.75. The van der Waals surface area contributed by atoms with Crippen molar-refractivity contribution >= 4 is 20.8 Å². The molecule has 2 aliphatic rings. The van der Waals surface area contributed by atoms with Crippen LogP contribution in [0.1, 0.15) is 48.0 Å². The molecule has 168 valence electrons. The van der Waals surface area contributed by atoms with Crippen molar-refractivity contribution in [3.8, 4) is 0 Å². The summed E-state index contributed by atoms with van der Waals surface area (Å²) in [4.78, 5) is 11.6. The van der Waals surface area contributed by atoms with Gasteiger partial charge in [-0.2, -0.15) is 0 Å². The monoisotopic (exact) mass is 429 g/mol. The van der Waals surface area contributed by atoms with Gasteiger partial charge in [-0.1, -0.05) is 41.5 Å². The average Bonchev–Trinajstić information content (AvgIpc) is 3.32.